The summed E-state index contributed by atoms with van der Waals surface area (Å²) in [4.78, 5) is 4.47. The van der Waals surface area contributed by atoms with Gasteiger partial charge in [0.25, 0.3) is 0 Å². The summed E-state index contributed by atoms with van der Waals surface area (Å²) in [6.45, 7) is 7.32. The first-order chi connectivity index (χ1) is 8.70. The molecule has 2 nitrogen and oxygen atoms in total. The van der Waals surface area contributed by atoms with E-state index in [1.165, 1.54) is 16.7 Å². The molecular formula is C16H20N2. The fraction of sp³-hybridized carbons (Fsp3) is 0.312. The summed E-state index contributed by atoms with van der Waals surface area (Å²) in [6, 6.07) is 12.9. The normalized spacial score (nSPS) is 12.4. The van der Waals surface area contributed by atoms with E-state index in [2.05, 4.69) is 55.3 Å². The lowest BCUT2D eigenvalue weighted by Gasteiger charge is -2.19. The Balaban J connectivity index is 2.41. The third-order valence-electron chi connectivity index (χ3n) is 2.97. The minimum atomic E-state index is 0.176. The van der Waals surface area contributed by atoms with Crippen molar-refractivity contribution in [1.29, 1.82) is 0 Å². The van der Waals surface area contributed by atoms with E-state index in [0.717, 1.165) is 12.2 Å². The molecular weight excluding hydrogens is 220 g/mol. The second-order valence-corrected chi connectivity index (χ2v) is 4.67. The van der Waals surface area contributed by atoms with Crippen LogP contribution in [-0.4, -0.2) is 11.5 Å². The summed E-state index contributed by atoms with van der Waals surface area (Å²) >= 11 is 0. The lowest BCUT2D eigenvalue weighted by atomic mass is 9.98. The smallest absolute Gasteiger partial charge is 0.0751 e. The molecule has 0 radical (unpaired) electrons. The highest BCUT2D eigenvalue weighted by molar-refractivity contribution is 5.34. The van der Waals surface area contributed by atoms with E-state index in [4.69, 9.17) is 0 Å². The van der Waals surface area contributed by atoms with Crippen molar-refractivity contribution in [2.24, 2.45) is 0 Å². The minimum absolute atomic E-state index is 0.176. The fourth-order valence-electron chi connectivity index (χ4n) is 2.32. The molecule has 2 rings (SSSR count). The first-order valence-corrected chi connectivity index (χ1v) is 6.43. The van der Waals surface area contributed by atoms with E-state index in [0.29, 0.717) is 0 Å². The molecule has 18 heavy (non-hydrogen) atoms. The van der Waals surface area contributed by atoms with Crippen molar-refractivity contribution in [2.45, 2.75) is 26.8 Å². The van der Waals surface area contributed by atoms with Crippen LogP contribution in [0.1, 0.15) is 35.3 Å². The van der Waals surface area contributed by atoms with Gasteiger partial charge in [0.15, 0.2) is 0 Å². The largest absolute Gasteiger partial charge is 0.305 e. The zero-order valence-corrected chi connectivity index (χ0v) is 11.3. The van der Waals surface area contributed by atoms with Crippen molar-refractivity contribution in [3.8, 4) is 0 Å². The molecule has 1 aromatic heterocycles. The zero-order valence-electron chi connectivity index (χ0n) is 11.3. The third kappa shape index (κ3) is 2.96. The second kappa shape index (κ2) is 5.78. The van der Waals surface area contributed by atoms with Crippen LogP contribution in [0, 0.1) is 13.8 Å². The summed E-state index contributed by atoms with van der Waals surface area (Å²) in [5.74, 6) is 0. The Kier molecular flexibility index (Phi) is 4.11. The highest BCUT2D eigenvalue weighted by atomic mass is 14.9. The molecule has 0 aliphatic heterocycles. The van der Waals surface area contributed by atoms with Crippen molar-refractivity contribution in [3.05, 3.63) is 65.0 Å². The number of nitrogens with zero attached hydrogens (tertiary/aromatic N) is 1. The summed E-state index contributed by atoms with van der Waals surface area (Å²) in [5.41, 5.74) is 4.95. The van der Waals surface area contributed by atoms with E-state index in [1.807, 2.05) is 18.3 Å². The van der Waals surface area contributed by atoms with E-state index >= 15 is 0 Å². The van der Waals surface area contributed by atoms with Gasteiger partial charge in [0.2, 0.25) is 0 Å². The lowest BCUT2D eigenvalue weighted by molar-refractivity contribution is 0.615. The van der Waals surface area contributed by atoms with E-state index in [-0.39, 0.29) is 6.04 Å². The van der Waals surface area contributed by atoms with E-state index in [9.17, 15) is 0 Å². The second-order valence-electron chi connectivity index (χ2n) is 4.67. The molecule has 1 heterocycles. The van der Waals surface area contributed by atoms with Gasteiger partial charge in [0.05, 0.1) is 11.7 Å². The maximum Gasteiger partial charge on any atom is 0.0751 e. The van der Waals surface area contributed by atoms with Crippen LogP contribution in [0.3, 0.4) is 0 Å². The first-order valence-electron chi connectivity index (χ1n) is 6.43. The number of hydrogen-bond donors (Lipinski definition) is 1. The molecule has 1 N–H and O–H groups in total. The van der Waals surface area contributed by atoms with Gasteiger partial charge >= 0.3 is 0 Å². The zero-order chi connectivity index (χ0) is 13.0. The van der Waals surface area contributed by atoms with Crippen molar-refractivity contribution in [2.75, 3.05) is 6.54 Å². The minimum Gasteiger partial charge on any atom is -0.305 e. The maximum atomic E-state index is 4.47. The van der Waals surface area contributed by atoms with Crippen LogP contribution in [0.25, 0.3) is 0 Å². The Morgan fingerprint density at radius 1 is 1.11 bits per heavy atom. The van der Waals surface area contributed by atoms with E-state index < -0.39 is 0 Å². The fourth-order valence-corrected chi connectivity index (χ4v) is 2.32. The Labute approximate surface area is 109 Å². The average Bonchev–Trinajstić information content (AvgIpc) is 2.36. The molecule has 1 atom stereocenters. The standard InChI is InChI=1S/C16H20N2/c1-4-17-16(15-7-5-6-8-18-15)14-10-12(2)9-13(3)11-14/h5-11,16-17H,4H2,1-3H3. The average molecular weight is 240 g/mol. The molecule has 0 aliphatic carbocycles. The number of aromatic nitrogens is 1. The Bertz CT molecular complexity index is 486. The van der Waals surface area contributed by atoms with Gasteiger partial charge in [-0.2, -0.15) is 0 Å². The lowest BCUT2D eigenvalue weighted by Crippen LogP contribution is -2.23. The molecule has 0 saturated heterocycles. The number of pyridine rings is 1. The van der Waals surface area contributed by atoms with Crippen LogP contribution in [-0.2, 0) is 0 Å². The van der Waals surface area contributed by atoms with Crippen molar-refractivity contribution in [1.82, 2.24) is 10.3 Å². The molecule has 0 bridgehead atoms. The van der Waals surface area contributed by atoms with Gasteiger partial charge in [-0.3, -0.25) is 4.98 Å². The van der Waals surface area contributed by atoms with Gasteiger partial charge in [-0.15, -0.1) is 0 Å². The summed E-state index contributed by atoms with van der Waals surface area (Å²) in [7, 11) is 0. The van der Waals surface area contributed by atoms with Crippen LogP contribution in [0.5, 0.6) is 0 Å². The van der Waals surface area contributed by atoms with Gasteiger partial charge in [0.1, 0.15) is 0 Å². The maximum absolute atomic E-state index is 4.47. The molecule has 1 aromatic carbocycles. The van der Waals surface area contributed by atoms with Crippen LogP contribution >= 0.6 is 0 Å². The van der Waals surface area contributed by atoms with Crippen LogP contribution in [0.15, 0.2) is 42.6 Å². The summed E-state index contributed by atoms with van der Waals surface area (Å²) < 4.78 is 0. The molecule has 94 valence electrons. The van der Waals surface area contributed by atoms with Gasteiger partial charge < -0.3 is 5.32 Å². The van der Waals surface area contributed by atoms with Gasteiger partial charge in [-0.25, -0.2) is 0 Å². The Morgan fingerprint density at radius 2 is 1.83 bits per heavy atom. The highest BCUT2D eigenvalue weighted by Crippen LogP contribution is 2.22. The molecule has 0 spiro atoms. The van der Waals surface area contributed by atoms with Gasteiger partial charge in [-0.05, 0) is 38.1 Å². The number of nitrogens with one attached hydrogen (secondary N) is 1. The molecule has 0 fully saturated rings. The number of benzene rings is 1. The third-order valence-corrected chi connectivity index (χ3v) is 2.97. The van der Waals surface area contributed by atoms with E-state index in [1.54, 1.807) is 0 Å². The van der Waals surface area contributed by atoms with Gasteiger partial charge in [-0.1, -0.05) is 42.3 Å². The van der Waals surface area contributed by atoms with Crippen LogP contribution in [0.4, 0.5) is 0 Å². The predicted molar refractivity (Wildman–Crippen MR) is 75.7 cm³/mol. The molecule has 1 unspecified atom stereocenters. The number of hydrogen-bond acceptors (Lipinski definition) is 2. The summed E-state index contributed by atoms with van der Waals surface area (Å²) in [6.07, 6.45) is 1.85. The number of aryl methyl sites for hydroxylation is 2. The van der Waals surface area contributed by atoms with Crippen LogP contribution in [0.2, 0.25) is 0 Å². The topological polar surface area (TPSA) is 24.9 Å². The monoisotopic (exact) mass is 240 g/mol. The quantitative estimate of drug-likeness (QED) is 0.886. The highest BCUT2D eigenvalue weighted by Gasteiger charge is 2.14. The van der Waals surface area contributed by atoms with Crippen molar-refractivity contribution >= 4 is 0 Å². The van der Waals surface area contributed by atoms with Gasteiger partial charge in [0, 0.05) is 6.20 Å². The SMILES string of the molecule is CCNC(c1cc(C)cc(C)c1)c1ccccn1. The number of rotatable bonds is 4. The molecule has 2 aromatic rings. The van der Waals surface area contributed by atoms with Crippen molar-refractivity contribution in [3.63, 3.8) is 0 Å². The Hall–Kier alpha value is -1.67. The predicted octanol–water partition coefficient (Wildman–Crippen LogP) is 3.40. The Morgan fingerprint density at radius 3 is 2.39 bits per heavy atom. The molecule has 0 amide bonds. The first kappa shape index (κ1) is 12.8. The van der Waals surface area contributed by atoms with Crippen molar-refractivity contribution < 1.29 is 0 Å². The summed E-state index contributed by atoms with van der Waals surface area (Å²) in [5, 5.41) is 3.51. The molecule has 0 aliphatic rings. The van der Waals surface area contributed by atoms with Crippen LogP contribution < -0.4 is 5.32 Å². The molecule has 0 saturated carbocycles. The molecule has 2 heteroatoms.